The molecule has 2 N–H and O–H groups in total. The average Bonchev–Trinajstić information content (AvgIpc) is 2.70. The van der Waals surface area contributed by atoms with E-state index < -0.39 is 0 Å². The number of aromatic hydroxyl groups is 2. The molecular weight excluding hydrogens is 348 g/mol. The summed E-state index contributed by atoms with van der Waals surface area (Å²) in [5.41, 5.74) is 1.98. The summed E-state index contributed by atoms with van der Waals surface area (Å²) in [5.74, 6) is 0.179. The minimum absolute atomic E-state index is 0.0762. The van der Waals surface area contributed by atoms with Crippen molar-refractivity contribution in [2.45, 2.75) is 77.6 Å². The first-order valence-corrected chi connectivity index (χ1v) is 10.7. The van der Waals surface area contributed by atoms with Crippen LogP contribution in [0.5, 0.6) is 11.5 Å². The Kier molecular flexibility index (Phi) is 10.1. The highest BCUT2D eigenvalue weighted by Gasteiger charge is 2.04. The second-order valence-corrected chi connectivity index (χ2v) is 7.44. The fourth-order valence-corrected chi connectivity index (χ4v) is 3.28. The molecule has 0 heterocycles. The molecule has 0 radical (unpaired) electrons. The van der Waals surface area contributed by atoms with Crippen molar-refractivity contribution in [1.29, 1.82) is 0 Å². The average molecular weight is 383 g/mol. The van der Waals surface area contributed by atoms with E-state index in [2.05, 4.69) is 17.2 Å². The van der Waals surface area contributed by atoms with Gasteiger partial charge in [0.1, 0.15) is 22.9 Å². The third-order valence-corrected chi connectivity index (χ3v) is 5.01. The first-order valence-electron chi connectivity index (χ1n) is 10.7. The summed E-state index contributed by atoms with van der Waals surface area (Å²) in [6.07, 6.45) is 14.2. The molecular formula is C24H34N2O2. The maximum Gasteiger partial charge on any atom is 0.143 e. The van der Waals surface area contributed by atoms with E-state index in [-0.39, 0.29) is 11.5 Å². The fraction of sp³-hybridized carbons (Fsp3) is 0.500. The first kappa shape index (κ1) is 21.9. The third kappa shape index (κ3) is 8.12. The summed E-state index contributed by atoms with van der Waals surface area (Å²) in [5, 5.41) is 27.9. The largest absolute Gasteiger partial charge is 0.506 e. The van der Waals surface area contributed by atoms with Crippen molar-refractivity contribution in [2.24, 2.45) is 10.2 Å². The lowest BCUT2D eigenvalue weighted by atomic mass is 10.0. The zero-order valence-electron chi connectivity index (χ0n) is 17.1. The smallest absolute Gasteiger partial charge is 0.143 e. The molecule has 0 bridgehead atoms. The minimum atomic E-state index is 0.0762. The van der Waals surface area contributed by atoms with Gasteiger partial charge >= 0.3 is 0 Å². The van der Waals surface area contributed by atoms with Crippen LogP contribution in [-0.4, -0.2) is 10.2 Å². The van der Waals surface area contributed by atoms with E-state index in [1.165, 1.54) is 57.8 Å². The molecule has 2 aromatic carbocycles. The number of nitrogens with zero attached hydrogens (tertiary/aromatic N) is 2. The lowest BCUT2D eigenvalue weighted by Crippen LogP contribution is -1.87. The van der Waals surface area contributed by atoms with Crippen LogP contribution in [0.4, 0.5) is 11.4 Å². The summed E-state index contributed by atoms with van der Waals surface area (Å²) in [6.45, 7) is 2.26. The van der Waals surface area contributed by atoms with Crippen LogP contribution in [0.15, 0.2) is 52.7 Å². The number of rotatable bonds is 13. The van der Waals surface area contributed by atoms with E-state index in [1.54, 1.807) is 30.3 Å². The van der Waals surface area contributed by atoms with E-state index in [9.17, 15) is 10.2 Å². The predicted molar refractivity (Wildman–Crippen MR) is 116 cm³/mol. The van der Waals surface area contributed by atoms with Gasteiger partial charge in [0, 0.05) is 0 Å². The first-order chi connectivity index (χ1) is 13.7. The second kappa shape index (κ2) is 12.9. The molecule has 0 fully saturated rings. The highest BCUT2D eigenvalue weighted by atomic mass is 16.3. The van der Waals surface area contributed by atoms with E-state index in [0.717, 1.165) is 18.4 Å². The summed E-state index contributed by atoms with van der Waals surface area (Å²) in [6, 6.07) is 12.3. The molecule has 0 saturated carbocycles. The van der Waals surface area contributed by atoms with Gasteiger partial charge in [-0.25, -0.2) is 0 Å². The van der Waals surface area contributed by atoms with Gasteiger partial charge in [-0.2, -0.15) is 0 Å². The highest BCUT2D eigenvalue weighted by Crippen LogP contribution is 2.32. The van der Waals surface area contributed by atoms with Crippen LogP contribution >= 0.6 is 0 Å². The van der Waals surface area contributed by atoms with E-state index in [4.69, 9.17) is 0 Å². The number of phenols is 2. The van der Waals surface area contributed by atoms with E-state index >= 15 is 0 Å². The van der Waals surface area contributed by atoms with Gasteiger partial charge in [-0.05, 0) is 42.7 Å². The number of hydrogen-bond acceptors (Lipinski definition) is 4. The quantitative estimate of drug-likeness (QED) is 0.272. The van der Waals surface area contributed by atoms with Crippen molar-refractivity contribution in [1.82, 2.24) is 0 Å². The number of para-hydroxylation sites is 1. The van der Waals surface area contributed by atoms with Crippen LogP contribution in [0.3, 0.4) is 0 Å². The molecule has 152 valence electrons. The Labute approximate surface area is 169 Å². The van der Waals surface area contributed by atoms with E-state index in [0.29, 0.717) is 11.4 Å². The number of aryl methyl sites for hydroxylation is 1. The molecule has 0 atom stereocenters. The monoisotopic (exact) mass is 382 g/mol. The summed E-state index contributed by atoms with van der Waals surface area (Å²) in [7, 11) is 0. The Bertz CT molecular complexity index is 728. The zero-order valence-corrected chi connectivity index (χ0v) is 17.1. The molecule has 0 aliphatic carbocycles. The summed E-state index contributed by atoms with van der Waals surface area (Å²) in [4.78, 5) is 0. The van der Waals surface area contributed by atoms with Crippen LogP contribution in [0.25, 0.3) is 0 Å². The van der Waals surface area contributed by atoms with Crippen molar-refractivity contribution in [2.75, 3.05) is 0 Å². The van der Waals surface area contributed by atoms with Crippen molar-refractivity contribution in [3.05, 3.63) is 48.0 Å². The Balaban J connectivity index is 1.72. The van der Waals surface area contributed by atoms with Crippen molar-refractivity contribution in [3.8, 4) is 11.5 Å². The van der Waals surface area contributed by atoms with Crippen LogP contribution in [-0.2, 0) is 6.42 Å². The summed E-state index contributed by atoms with van der Waals surface area (Å²) >= 11 is 0. The van der Waals surface area contributed by atoms with Gasteiger partial charge in [0.05, 0.1) is 0 Å². The van der Waals surface area contributed by atoms with Gasteiger partial charge < -0.3 is 10.2 Å². The minimum Gasteiger partial charge on any atom is -0.506 e. The molecule has 2 aromatic rings. The summed E-state index contributed by atoms with van der Waals surface area (Å²) < 4.78 is 0. The van der Waals surface area contributed by atoms with Crippen molar-refractivity contribution in [3.63, 3.8) is 0 Å². The Morgan fingerprint density at radius 1 is 0.643 bits per heavy atom. The van der Waals surface area contributed by atoms with Gasteiger partial charge in [0.2, 0.25) is 0 Å². The normalized spacial score (nSPS) is 11.3. The molecule has 0 aromatic heterocycles. The number of benzene rings is 2. The van der Waals surface area contributed by atoms with Gasteiger partial charge in [0.25, 0.3) is 0 Å². The molecule has 0 amide bonds. The Morgan fingerprint density at radius 3 is 1.89 bits per heavy atom. The third-order valence-electron chi connectivity index (χ3n) is 5.01. The second-order valence-electron chi connectivity index (χ2n) is 7.44. The van der Waals surface area contributed by atoms with Gasteiger partial charge in [-0.1, -0.05) is 82.9 Å². The van der Waals surface area contributed by atoms with Crippen LogP contribution in [0.1, 0.15) is 76.7 Å². The lowest BCUT2D eigenvalue weighted by Gasteiger charge is -2.05. The Hall–Kier alpha value is -2.36. The standard InChI is InChI=1S/C24H34N2O2/c1-2-3-4-5-6-7-8-9-10-11-14-20-17-18-24(28)22(19-20)26-25-21-15-12-13-16-23(21)27/h12-13,15-19,27-28H,2-11,14H2,1H3. The van der Waals surface area contributed by atoms with Crippen LogP contribution in [0, 0.1) is 0 Å². The molecule has 4 heteroatoms. The van der Waals surface area contributed by atoms with Gasteiger partial charge in [0.15, 0.2) is 0 Å². The number of phenolic OH excluding ortho intramolecular Hbond substituents is 2. The van der Waals surface area contributed by atoms with Crippen molar-refractivity contribution >= 4 is 11.4 Å². The molecule has 2 rings (SSSR count). The number of azo groups is 1. The maximum atomic E-state index is 10.0. The lowest BCUT2D eigenvalue weighted by molar-refractivity contribution is 0.473. The topological polar surface area (TPSA) is 65.2 Å². The predicted octanol–water partition coefficient (Wildman–Crippen LogP) is 7.98. The molecule has 0 aliphatic heterocycles. The molecule has 0 spiro atoms. The zero-order chi connectivity index (χ0) is 20.0. The van der Waals surface area contributed by atoms with E-state index in [1.807, 2.05) is 12.1 Å². The van der Waals surface area contributed by atoms with Crippen LogP contribution in [0.2, 0.25) is 0 Å². The number of unbranched alkanes of at least 4 members (excludes halogenated alkanes) is 9. The SMILES string of the molecule is CCCCCCCCCCCCc1ccc(O)c(N=Nc2ccccc2O)c1. The Morgan fingerprint density at radius 2 is 1.21 bits per heavy atom. The highest BCUT2D eigenvalue weighted by molar-refractivity contribution is 5.54. The molecule has 0 unspecified atom stereocenters. The molecule has 28 heavy (non-hydrogen) atoms. The maximum absolute atomic E-state index is 10.0. The van der Waals surface area contributed by atoms with Crippen LogP contribution < -0.4 is 0 Å². The molecule has 0 aliphatic rings. The fourth-order valence-electron chi connectivity index (χ4n) is 3.28. The molecule has 0 saturated heterocycles. The van der Waals surface area contributed by atoms with Gasteiger partial charge in [-0.3, -0.25) is 0 Å². The van der Waals surface area contributed by atoms with Crippen molar-refractivity contribution < 1.29 is 10.2 Å². The number of hydrogen-bond donors (Lipinski definition) is 2. The molecule has 4 nitrogen and oxygen atoms in total. The van der Waals surface area contributed by atoms with Gasteiger partial charge in [-0.15, -0.1) is 10.2 Å².